The van der Waals surface area contributed by atoms with Crippen LogP contribution in [-0.2, 0) is 14.3 Å². The van der Waals surface area contributed by atoms with Gasteiger partial charge in [0.25, 0.3) is 0 Å². The van der Waals surface area contributed by atoms with Gasteiger partial charge in [-0.05, 0) is 32.3 Å². The summed E-state index contributed by atoms with van der Waals surface area (Å²) in [5, 5.41) is 0. The molecule has 1 aliphatic rings. The summed E-state index contributed by atoms with van der Waals surface area (Å²) in [7, 11) is 0. The van der Waals surface area contributed by atoms with Gasteiger partial charge in [-0.1, -0.05) is 20.3 Å². The van der Waals surface area contributed by atoms with Crippen molar-refractivity contribution in [1.29, 1.82) is 0 Å². The van der Waals surface area contributed by atoms with Crippen LogP contribution in [0.25, 0.3) is 0 Å². The molecule has 0 aromatic heterocycles. The van der Waals surface area contributed by atoms with Crippen LogP contribution in [0.2, 0.25) is 0 Å². The van der Waals surface area contributed by atoms with Crippen molar-refractivity contribution >= 4 is 5.97 Å². The first-order valence-corrected chi connectivity index (χ1v) is 10.7. The van der Waals surface area contributed by atoms with Crippen LogP contribution in [0, 0.1) is 0 Å². The summed E-state index contributed by atoms with van der Waals surface area (Å²) in [6.45, 7) is 13.5. The van der Waals surface area contributed by atoms with Crippen molar-refractivity contribution in [2.75, 3.05) is 52.5 Å². The third kappa shape index (κ3) is 12.1. The zero-order valence-electron chi connectivity index (χ0n) is 17.8. The molecule has 1 saturated heterocycles. The lowest BCUT2D eigenvalue weighted by molar-refractivity contribution is -0.144. The van der Waals surface area contributed by atoms with Gasteiger partial charge in [-0.25, -0.2) is 0 Å². The van der Waals surface area contributed by atoms with E-state index in [1.807, 2.05) is 6.92 Å². The molecule has 1 heterocycles. The van der Waals surface area contributed by atoms with Crippen LogP contribution < -0.4 is 5.73 Å². The first-order chi connectivity index (χ1) is 13.0. The van der Waals surface area contributed by atoms with Gasteiger partial charge < -0.3 is 25.0 Å². The summed E-state index contributed by atoms with van der Waals surface area (Å²) in [6, 6.07) is 0.0793. The standard InChI is InChI=1S/C21H41N3O3/c1-4-6-17-26-20(7-5-2)8-11-23-13-15-24(16-14-23)12-9-21(25)27-18-10-19(3)22/h7,19H,4-6,8-18,22H2,1-3H3/b20-7+. The van der Waals surface area contributed by atoms with Crippen LogP contribution in [0.15, 0.2) is 11.8 Å². The number of nitrogens with two attached hydrogens (primary N) is 1. The average molecular weight is 384 g/mol. The van der Waals surface area contributed by atoms with Crippen molar-refractivity contribution in [3.05, 3.63) is 11.8 Å². The molecule has 6 heteroatoms. The lowest BCUT2D eigenvalue weighted by atomic mass is 10.2. The van der Waals surface area contributed by atoms with Gasteiger partial charge in [0.15, 0.2) is 0 Å². The molecule has 0 aromatic rings. The summed E-state index contributed by atoms with van der Waals surface area (Å²) in [5.41, 5.74) is 5.66. The predicted octanol–water partition coefficient (Wildman–Crippen LogP) is 2.78. The number of unbranched alkanes of at least 4 members (excludes halogenated alkanes) is 1. The molecule has 0 radical (unpaired) electrons. The highest BCUT2D eigenvalue weighted by molar-refractivity contribution is 5.69. The van der Waals surface area contributed by atoms with Gasteiger partial charge >= 0.3 is 5.97 Å². The van der Waals surface area contributed by atoms with E-state index in [-0.39, 0.29) is 12.0 Å². The molecule has 0 spiro atoms. The molecular weight excluding hydrogens is 342 g/mol. The summed E-state index contributed by atoms with van der Waals surface area (Å²) in [5.74, 6) is 1.03. The maximum atomic E-state index is 11.8. The second-order valence-corrected chi connectivity index (χ2v) is 7.45. The average Bonchev–Trinajstić information content (AvgIpc) is 2.65. The third-order valence-electron chi connectivity index (χ3n) is 4.82. The quantitative estimate of drug-likeness (QED) is 0.283. The van der Waals surface area contributed by atoms with Crippen molar-refractivity contribution in [2.24, 2.45) is 5.73 Å². The van der Waals surface area contributed by atoms with E-state index < -0.39 is 0 Å². The first-order valence-electron chi connectivity index (χ1n) is 10.7. The number of nitrogens with zero attached hydrogens (tertiary/aromatic N) is 2. The van der Waals surface area contributed by atoms with Crippen LogP contribution in [0.3, 0.4) is 0 Å². The lowest BCUT2D eigenvalue weighted by Crippen LogP contribution is -2.47. The molecule has 1 fully saturated rings. The van der Waals surface area contributed by atoms with E-state index in [0.717, 1.165) is 77.3 Å². The maximum Gasteiger partial charge on any atom is 0.307 e. The van der Waals surface area contributed by atoms with E-state index in [1.165, 1.54) is 6.42 Å². The molecule has 1 unspecified atom stereocenters. The van der Waals surface area contributed by atoms with Crippen LogP contribution in [0.5, 0.6) is 0 Å². The molecule has 0 aliphatic carbocycles. The van der Waals surface area contributed by atoms with E-state index in [1.54, 1.807) is 0 Å². The zero-order chi connectivity index (χ0) is 19.9. The smallest absolute Gasteiger partial charge is 0.307 e. The number of allylic oxidation sites excluding steroid dienone is 1. The van der Waals surface area contributed by atoms with E-state index in [2.05, 4.69) is 29.7 Å². The number of esters is 1. The minimum atomic E-state index is -0.114. The number of piperazine rings is 1. The number of ether oxygens (including phenoxy) is 2. The Morgan fingerprint density at radius 1 is 1.04 bits per heavy atom. The number of carbonyl (C=O) groups excluding carboxylic acids is 1. The first kappa shape index (κ1) is 23.9. The van der Waals surface area contributed by atoms with Crippen molar-refractivity contribution in [2.45, 2.75) is 65.3 Å². The minimum Gasteiger partial charge on any atom is -0.498 e. The lowest BCUT2D eigenvalue weighted by Gasteiger charge is -2.34. The number of carbonyl (C=O) groups is 1. The molecule has 0 saturated carbocycles. The van der Waals surface area contributed by atoms with Crippen LogP contribution in [0.4, 0.5) is 0 Å². The molecule has 0 aromatic carbocycles. The number of hydrogen-bond donors (Lipinski definition) is 1. The fourth-order valence-electron chi connectivity index (χ4n) is 2.99. The maximum absolute atomic E-state index is 11.8. The topological polar surface area (TPSA) is 68.0 Å². The molecule has 1 rings (SSSR count). The number of hydrogen-bond acceptors (Lipinski definition) is 6. The van der Waals surface area contributed by atoms with Crippen LogP contribution in [0.1, 0.15) is 59.3 Å². The van der Waals surface area contributed by atoms with Gasteiger partial charge in [0.1, 0.15) is 0 Å². The Morgan fingerprint density at radius 2 is 1.67 bits per heavy atom. The highest BCUT2D eigenvalue weighted by Crippen LogP contribution is 2.10. The van der Waals surface area contributed by atoms with E-state index >= 15 is 0 Å². The Morgan fingerprint density at radius 3 is 2.22 bits per heavy atom. The van der Waals surface area contributed by atoms with Crippen molar-refractivity contribution < 1.29 is 14.3 Å². The molecule has 6 nitrogen and oxygen atoms in total. The van der Waals surface area contributed by atoms with E-state index in [4.69, 9.17) is 15.2 Å². The molecular formula is C21H41N3O3. The summed E-state index contributed by atoms with van der Waals surface area (Å²) >= 11 is 0. The second kappa shape index (κ2) is 14.9. The van der Waals surface area contributed by atoms with E-state index in [9.17, 15) is 4.79 Å². The Labute approximate surface area is 166 Å². The van der Waals surface area contributed by atoms with E-state index in [0.29, 0.717) is 13.0 Å². The highest BCUT2D eigenvalue weighted by Gasteiger charge is 2.18. The molecule has 158 valence electrons. The van der Waals surface area contributed by atoms with Gasteiger partial charge in [0.2, 0.25) is 0 Å². The van der Waals surface area contributed by atoms with Crippen LogP contribution >= 0.6 is 0 Å². The number of rotatable bonds is 14. The van der Waals surface area contributed by atoms with Gasteiger partial charge in [-0.15, -0.1) is 0 Å². The van der Waals surface area contributed by atoms with Gasteiger partial charge in [0, 0.05) is 51.7 Å². The highest BCUT2D eigenvalue weighted by atomic mass is 16.5. The second-order valence-electron chi connectivity index (χ2n) is 7.45. The molecule has 0 amide bonds. The Hall–Kier alpha value is -1.11. The predicted molar refractivity (Wildman–Crippen MR) is 111 cm³/mol. The van der Waals surface area contributed by atoms with Crippen molar-refractivity contribution in [3.63, 3.8) is 0 Å². The van der Waals surface area contributed by atoms with Gasteiger partial charge in [-0.3, -0.25) is 4.79 Å². The Bertz CT molecular complexity index is 419. The summed E-state index contributed by atoms with van der Waals surface area (Å²) < 4.78 is 11.1. The van der Waals surface area contributed by atoms with Crippen molar-refractivity contribution in [3.8, 4) is 0 Å². The minimum absolute atomic E-state index is 0.0793. The fraction of sp³-hybridized carbons (Fsp3) is 0.857. The normalized spacial score (nSPS) is 17.7. The van der Waals surface area contributed by atoms with Gasteiger partial charge in [0.05, 0.1) is 25.4 Å². The Kier molecular flexibility index (Phi) is 13.2. The molecule has 1 aliphatic heterocycles. The fourth-order valence-corrected chi connectivity index (χ4v) is 2.99. The van der Waals surface area contributed by atoms with Crippen LogP contribution in [-0.4, -0.2) is 74.3 Å². The van der Waals surface area contributed by atoms with Crippen molar-refractivity contribution in [1.82, 2.24) is 9.80 Å². The summed E-state index contributed by atoms with van der Waals surface area (Å²) in [4.78, 5) is 16.6. The molecule has 1 atom stereocenters. The molecule has 27 heavy (non-hydrogen) atoms. The Balaban J connectivity index is 2.16. The monoisotopic (exact) mass is 383 g/mol. The SMILES string of the molecule is CC/C=C(\CCN1CCN(CCC(=O)OCCC(C)N)CC1)OCCCC. The molecule has 0 bridgehead atoms. The zero-order valence-corrected chi connectivity index (χ0v) is 17.8. The largest absolute Gasteiger partial charge is 0.498 e. The molecule has 2 N–H and O–H groups in total. The summed E-state index contributed by atoms with van der Waals surface area (Å²) in [6.07, 6.45) is 7.70. The van der Waals surface area contributed by atoms with Gasteiger partial charge in [-0.2, -0.15) is 0 Å². The third-order valence-corrected chi connectivity index (χ3v) is 4.82.